The van der Waals surface area contributed by atoms with Gasteiger partial charge in [-0.05, 0) is 25.1 Å². The van der Waals surface area contributed by atoms with E-state index in [9.17, 15) is 20.1 Å². The molecule has 0 radical (unpaired) electrons. The molecule has 0 amide bonds. The molecule has 9 heteroatoms. The smallest absolute Gasteiger partial charge is 0.206 e. The number of carbonyl (C=O) groups is 1. The first-order valence-corrected chi connectivity index (χ1v) is 10.2. The molecule has 0 saturated carbocycles. The van der Waals surface area contributed by atoms with Crippen LogP contribution >= 0.6 is 0 Å². The van der Waals surface area contributed by atoms with Crippen molar-refractivity contribution in [3.8, 4) is 28.7 Å². The molecule has 2 aromatic carbocycles. The largest absolute Gasteiger partial charge is 0.493 e. The fraction of sp³-hybridized carbons (Fsp3) is 0.435. The lowest BCUT2D eigenvalue weighted by molar-refractivity contribution is -0.0908. The first kappa shape index (κ1) is 20.9. The SMILES string of the molecule is COc1cc2c(cc1OC)C1(O)C(=O)c3ccc4c(c3OC1CO2)CC(O)C(C)(CO)O4. The van der Waals surface area contributed by atoms with Crippen LogP contribution in [0, 0.1) is 0 Å². The highest BCUT2D eigenvalue weighted by Crippen LogP contribution is 2.51. The molecule has 3 aliphatic rings. The highest BCUT2D eigenvalue weighted by molar-refractivity contribution is 6.07. The summed E-state index contributed by atoms with van der Waals surface area (Å²) in [6.07, 6.45) is -1.91. The maximum atomic E-state index is 13.6. The number of methoxy groups -OCH3 is 2. The van der Waals surface area contributed by atoms with Crippen molar-refractivity contribution in [2.75, 3.05) is 27.4 Å². The maximum absolute atomic E-state index is 13.6. The van der Waals surface area contributed by atoms with Crippen molar-refractivity contribution in [1.82, 2.24) is 0 Å². The second kappa shape index (κ2) is 6.99. The number of carbonyl (C=O) groups excluding carboxylic acids is 1. The number of fused-ring (bicyclic) bond motifs is 6. The number of hydrogen-bond acceptors (Lipinski definition) is 9. The molecule has 5 rings (SSSR count). The van der Waals surface area contributed by atoms with Crippen molar-refractivity contribution in [1.29, 1.82) is 0 Å². The molecule has 0 fully saturated rings. The van der Waals surface area contributed by atoms with Crippen molar-refractivity contribution in [2.24, 2.45) is 0 Å². The number of ketones is 1. The fourth-order valence-electron chi connectivity index (χ4n) is 4.55. The third-order valence-corrected chi connectivity index (χ3v) is 6.58. The van der Waals surface area contributed by atoms with E-state index in [1.54, 1.807) is 19.1 Å². The van der Waals surface area contributed by atoms with E-state index in [-0.39, 0.29) is 36.5 Å². The van der Waals surface area contributed by atoms with Crippen molar-refractivity contribution in [2.45, 2.75) is 36.8 Å². The summed E-state index contributed by atoms with van der Waals surface area (Å²) in [4.78, 5) is 13.6. The summed E-state index contributed by atoms with van der Waals surface area (Å²) >= 11 is 0. The van der Waals surface area contributed by atoms with Gasteiger partial charge in [-0.15, -0.1) is 0 Å². The first-order chi connectivity index (χ1) is 15.3. The maximum Gasteiger partial charge on any atom is 0.206 e. The van der Waals surface area contributed by atoms with Gasteiger partial charge >= 0.3 is 0 Å². The Balaban J connectivity index is 1.63. The zero-order valence-electron chi connectivity index (χ0n) is 17.9. The van der Waals surface area contributed by atoms with Gasteiger partial charge in [-0.2, -0.15) is 0 Å². The minimum atomic E-state index is -2.00. The van der Waals surface area contributed by atoms with Crippen molar-refractivity contribution in [3.63, 3.8) is 0 Å². The summed E-state index contributed by atoms with van der Waals surface area (Å²) in [5.74, 6) is 1.16. The molecule has 3 N–H and O–H groups in total. The van der Waals surface area contributed by atoms with E-state index in [0.717, 1.165) is 0 Å². The Morgan fingerprint density at radius 1 is 1.16 bits per heavy atom. The lowest BCUT2D eigenvalue weighted by Crippen LogP contribution is -2.58. The van der Waals surface area contributed by atoms with Crippen LogP contribution in [0.3, 0.4) is 0 Å². The predicted molar refractivity (Wildman–Crippen MR) is 110 cm³/mol. The van der Waals surface area contributed by atoms with Crippen LogP contribution in [0.5, 0.6) is 28.7 Å². The van der Waals surface area contributed by atoms with E-state index in [1.807, 2.05) is 0 Å². The molecule has 2 aromatic rings. The molecule has 4 unspecified atom stereocenters. The normalized spacial score (nSPS) is 29.9. The second-order valence-electron chi connectivity index (χ2n) is 8.43. The van der Waals surface area contributed by atoms with Crippen LogP contribution in [0.4, 0.5) is 0 Å². The Morgan fingerprint density at radius 3 is 2.56 bits per heavy atom. The van der Waals surface area contributed by atoms with Gasteiger partial charge in [0.1, 0.15) is 23.9 Å². The van der Waals surface area contributed by atoms with Crippen molar-refractivity contribution in [3.05, 3.63) is 41.0 Å². The number of hydrogen-bond donors (Lipinski definition) is 3. The van der Waals surface area contributed by atoms with Gasteiger partial charge in [-0.25, -0.2) is 0 Å². The van der Waals surface area contributed by atoms with E-state index < -0.39 is 29.2 Å². The average molecular weight is 444 g/mol. The van der Waals surface area contributed by atoms with E-state index in [2.05, 4.69) is 0 Å². The Bertz CT molecular complexity index is 1110. The van der Waals surface area contributed by atoms with Gasteiger partial charge in [0.05, 0.1) is 32.5 Å². The van der Waals surface area contributed by atoms with Gasteiger partial charge in [-0.1, -0.05) is 0 Å². The van der Waals surface area contributed by atoms with Crippen LogP contribution in [-0.4, -0.2) is 66.3 Å². The summed E-state index contributed by atoms with van der Waals surface area (Å²) in [5, 5.41) is 31.8. The van der Waals surface area contributed by atoms with Crippen LogP contribution in [-0.2, 0) is 12.0 Å². The average Bonchev–Trinajstić information content (AvgIpc) is 2.80. The molecule has 4 atom stereocenters. The zero-order chi connectivity index (χ0) is 22.8. The fourth-order valence-corrected chi connectivity index (χ4v) is 4.55. The van der Waals surface area contributed by atoms with E-state index in [4.69, 9.17) is 23.7 Å². The molecular formula is C23H24O9. The molecular weight excluding hydrogens is 420 g/mol. The monoisotopic (exact) mass is 444 g/mol. The molecule has 0 aliphatic carbocycles. The number of rotatable bonds is 3. The summed E-state index contributed by atoms with van der Waals surface area (Å²) in [6.45, 7) is 1.16. The third-order valence-electron chi connectivity index (χ3n) is 6.58. The molecule has 32 heavy (non-hydrogen) atoms. The highest BCUT2D eigenvalue weighted by atomic mass is 16.6. The Kier molecular flexibility index (Phi) is 4.56. The van der Waals surface area contributed by atoms with E-state index >= 15 is 0 Å². The molecule has 3 heterocycles. The van der Waals surface area contributed by atoms with Crippen molar-refractivity contribution < 1.29 is 43.8 Å². The highest BCUT2D eigenvalue weighted by Gasteiger charge is 2.57. The molecule has 3 aliphatic heterocycles. The minimum Gasteiger partial charge on any atom is -0.493 e. The van der Waals surface area contributed by atoms with E-state index in [1.165, 1.54) is 26.4 Å². The molecule has 0 bridgehead atoms. The molecule has 0 aromatic heterocycles. The Labute approximate surface area is 184 Å². The van der Waals surface area contributed by atoms with Crippen LogP contribution in [0.2, 0.25) is 0 Å². The number of benzene rings is 2. The standard InChI is InChI=1S/C23H24O9/c1-22(10-24)18(25)6-12-14(32-22)5-4-11-20(12)31-19-9-30-15-8-17(29-3)16(28-2)7-13(15)23(19,27)21(11)26/h4-5,7-8,18-19,24-25,27H,6,9-10H2,1-3H3. The number of aliphatic hydroxyl groups is 3. The van der Waals surface area contributed by atoms with Gasteiger partial charge in [0.2, 0.25) is 5.78 Å². The third kappa shape index (κ3) is 2.65. The summed E-state index contributed by atoms with van der Waals surface area (Å²) in [7, 11) is 2.94. The van der Waals surface area contributed by atoms with Gasteiger partial charge in [0, 0.05) is 23.6 Å². The van der Waals surface area contributed by atoms with Gasteiger partial charge in [-0.3, -0.25) is 4.79 Å². The summed E-state index contributed by atoms with van der Waals surface area (Å²) in [6, 6.07) is 6.20. The minimum absolute atomic E-state index is 0.0778. The zero-order valence-corrected chi connectivity index (χ0v) is 17.9. The summed E-state index contributed by atoms with van der Waals surface area (Å²) < 4.78 is 28.4. The molecule has 0 spiro atoms. The van der Waals surface area contributed by atoms with Gasteiger partial charge in [0.15, 0.2) is 28.8 Å². The number of aliphatic hydroxyl groups excluding tert-OH is 2. The Morgan fingerprint density at radius 2 is 1.88 bits per heavy atom. The summed E-state index contributed by atoms with van der Waals surface area (Å²) in [5.41, 5.74) is -2.25. The van der Waals surface area contributed by atoms with Crippen LogP contribution < -0.4 is 23.7 Å². The second-order valence-corrected chi connectivity index (χ2v) is 8.43. The van der Waals surface area contributed by atoms with Gasteiger partial charge in [0.25, 0.3) is 0 Å². The van der Waals surface area contributed by atoms with Gasteiger partial charge < -0.3 is 39.0 Å². The molecule has 170 valence electrons. The number of ether oxygens (including phenoxy) is 5. The van der Waals surface area contributed by atoms with Crippen LogP contribution in [0.25, 0.3) is 0 Å². The topological polar surface area (TPSA) is 124 Å². The van der Waals surface area contributed by atoms with E-state index in [0.29, 0.717) is 28.6 Å². The molecule has 9 nitrogen and oxygen atoms in total. The lowest BCUT2D eigenvalue weighted by atomic mass is 9.76. The van der Waals surface area contributed by atoms with Crippen molar-refractivity contribution >= 4 is 5.78 Å². The van der Waals surface area contributed by atoms with Crippen LogP contribution in [0.15, 0.2) is 24.3 Å². The lowest BCUT2D eigenvalue weighted by Gasteiger charge is -2.45. The quantitative estimate of drug-likeness (QED) is 0.635. The predicted octanol–water partition coefficient (Wildman–Crippen LogP) is 0.974. The first-order valence-electron chi connectivity index (χ1n) is 10.2. The Hall–Kier alpha value is -3.01. The molecule has 0 saturated heterocycles. The number of Topliss-reactive ketones (excluding diaryl/α,β-unsaturated/α-hetero) is 1. The van der Waals surface area contributed by atoms with Crippen LogP contribution in [0.1, 0.15) is 28.4 Å².